The van der Waals surface area contributed by atoms with Crippen LogP contribution < -0.4 is 14.4 Å². The monoisotopic (exact) mass is 381 g/mol. The first kappa shape index (κ1) is 18.6. The van der Waals surface area contributed by atoms with E-state index in [0.29, 0.717) is 0 Å². The maximum absolute atomic E-state index is 6.05. The van der Waals surface area contributed by atoms with Crippen LogP contribution in [0.2, 0.25) is 0 Å². The van der Waals surface area contributed by atoms with Crippen molar-refractivity contribution in [3.05, 3.63) is 109 Å². The van der Waals surface area contributed by atoms with Gasteiger partial charge < -0.3 is 14.4 Å². The molecule has 0 radical (unpaired) electrons. The minimum Gasteiger partial charge on any atom is -0.457 e. The van der Waals surface area contributed by atoms with E-state index in [1.54, 1.807) is 0 Å². The molecule has 29 heavy (non-hydrogen) atoms. The molecule has 0 spiro atoms. The van der Waals surface area contributed by atoms with Crippen LogP contribution in [0.3, 0.4) is 0 Å². The third kappa shape index (κ3) is 4.77. The average Bonchev–Trinajstić information content (AvgIpc) is 2.75. The van der Waals surface area contributed by atoms with Crippen molar-refractivity contribution in [3.63, 3.8) is 0 Å². The third-order valence-electron chi connectivity index (χ3n) is 4.63. The van der Waals surface area contributed by atoms with E-state index in [1.807, 2.05) is 98.9 Å². The summed E-state index contributed by atoms with van der Waals surface area (Å²) in [6.45, 7) is 2.05. The summed E-state index contributed by atoms with van der Waals surface area (Å²) >= 11 is 0. The maximum atomic E-state index is 6.05. The Labute approximate surface area is 171 Å². The van der Waals surface area contributed by atoms with Gasteiger partial charge >= 0.3 is 0 Å². The maximum Gasteiger partial charge on any atom is 0.129 e. The van der Waals surface area contributed by atoms with E-state index in [9.17, 15) is 0 Å². The van der Waals surface area contributed by atoms with Gasteiger partial charge in [0.05, 0.1) is 0 Å². The molecule has 0 saturated heterocycles. The van der Waals surface area contributed by atoms with Gasteiger partial charge in [-0.3, -0.25) is 0 Å². The SMILES string of the molecule is Cc1cccc(Oc2ccc(Oc3cccc(N(C)c4ccccc4)c3)cc2)c1. The van der Waals surface area contributed by atoms with E-state index in [2.05, 4.69) is 23.1 Å². The van der Waals surface area contributed by atoms with Crippen molar-refractivity contribution in [1.82, 2.24) is 0 Å². The molecule has 0 atom stereocenters. The van der Waals surface area contributed by atoms with Crippen LogP contribution in [0.25, 0.3) is 0 Å². The molecule has 144 valence electrons. The van der Waals surface area contributed by atoms with Gasteiger partial charge in [-0.05, 0) is 73.2 Å². The van der Waals surface area contributed by atoms with Crippen LogP contribution in [0.1, 0.15) is 5.56 Å². The zero-order chi connectivity index (χ0) is 20.1. The van der Waals surface area contributed by atoms with Crippen LogP contribution in [0.5, 0.6) is 23.0 Å². The number of rotatable bonds is 6. The fourth-order valence-electron chi connectivity index (χ4n) is 3.08. The van der Waals surface area contributed by atoms with Crippen molar-refractivity contribution in [2.24, 2.45) is 0 Å². The van der Waals surface area contributed by atoms with E-state index in [0.717, 1.165) is 34.4 Å². The van der Waals surface area contributed by atoms with Gasteiger partial charge in [0.2, 0.25) is 0 Å². The first-order valence-electron chi connectivity index (χ1n) is 9.59. The fourth-order valence-corrected chi connectivity index (χ4v) is 3.08. The Morgan fingerprint density at radius 1 is 0.517 bits per heavy atom. The lowest BCUT2D eigenvalue weighted by Gasteiger charge is -2.20. The molecule has 0 aliphatic rings. The molecule has 3 heteroatoms. The van der Waals surface area contributed by atoms with Crippen molar-refractivity contribution < 1.29 is 9.47 Å². The molecule has 4 aromatic rings. The minimum atomic E-state index is 0.765. The van der Waals surface area contributed by atoms with Crippen LogP contribution in [0, 0.1) is 6.92 Å². The smallest absolute Gasteiger partial charge is 0.129 e. The van der Waals surface area contributed by atoms with Crippen LogP contribution >= 0.6 is 0 Å². The molecule has 0 amide bonds. The van der Waals surface area contributed by atoms with E-state index in [4.69, 9.17) is 9.47 Å². The lowest BCUT2D eigenvalue weighted by atomic mass is 10.2. The molecule has 0 bridgehead atoms. The van der Waals surface area contributed by atoms with Gasteiger partial charge in [0.15, 0.2) is 0 Å². The number of nitrogens with zero attached hydrogens (tertiary/aromatic N) is 1. The summed E-state index contributed by atoms with van der Waals surface area (Å²) in [5.74, 6) is 3.16. The summed E-state index contributed by atoms with van der Waals surface area (Å²) in [7, 11) is 2.05. The second kappa shape index (κ2) is 8.53. The topological polar surface area (TPSA) is 21.7 Å². The van der Waals surface area contributed by atoms with Gasteiger partial charge in [-0.25, -0.2) is 0 Å². The molecule has 3 nitrogen and oxygen atoms in total. The molecule has 0 heterocycles. The Morgan fingerprint density at radius 3 is 1.69 bits per heavy atom. The fraction of sp³-hybridized carbons (Fsp3) is 0.0769. The van der Waals surface area contributed by atoms with E-state index in [1.165, 1.54) is 5.56 Å². The molecule has 0 unspecified atom stereocenters. The Hall–Kier alpha value is -3.72. The summed E-state index contributed by atoms with van der Waals surface area (Å²) in [4.78, 5) is 2.13. The number of anilines is 2. The third-order valence-corrected chi connectivity index (χ3v) is 4.63. The second-order valence-corrected chi connectivity index (χ2v) is 6.88. The van der Waals surface area contributed by atoms with Gasteiger partial charge in [0.25, 0.3) is 0 Å². The summed E-state index contributed by atoms with van der Waals surface area (Å²) in [6, 6.07) is 34.0. The molecular formula is C26H23NO2. The predicted molar refractivity (Wildman–Crippen MR) is 119 cm³/mol. The quantitative estimate of drug-likeness (QED) is 0.348. The van der Waals surface area contributed by atoms with E-state index in [-0.39, 0.29) is 0 Å². The number of hydrogen-bond acceptors (Lipinski definition) is 3. The van der Waals surface area contributed by atoms with Gasteiger partial charge in [-0.2, -0.15) is 0 Å². The van der Waals surface area contributed by atoms with Gasteiger partial charge in [-0.1, -0.05) is 36.4 Å². The van der Waals surface area contributed by atoms with Crippen molar-refractivity contribution in [2.45, 2.75) is 6.92 Å². The van der Waals surface area contributed by atoms with E-state index >= 15 is 0 Å². The van der Waals surface area contributed by atoms with Gasteiger partial charge in [0.1, 0.15) is 23.0 Å². The zero-order valence-electron chi connectivity index (χ0n) is 16.6. The number of aryl methyl sites for hydroxylation is 1. The predicted octanol–water partition coefficient (Wildman–Crippen LogP) is 7.35. The molecule has 4 aromatic carbocycles. The van der Waals surface area contributed by atoms with Crippen molar-refractivity contribution >= 4 is 11.4 Å². The zero-order valence-corrected chi connectivity index (χ0v) is 16.6. The van der Waals surface area contributed by atoms with Crippen molar-refractivity contribution in [1.29, 1.82) is 0 Å². The number of para-hydroxylation sites is 1. The largest absolute Gasteiger partial charge is 0.457 e. The highest BCUT2D eigenvalue weighted by Crippen LogP contribution is 2.30. The number of ether oxygens (including phenoxy) is 2. The summed E-state index contributed by atoms with van der Waals surface area (Å²) in [6.07, 6.45) is 0. The molecule has 0 aromatic heterocycles. The highest BCUT2D eigenvalue weighted by atomic mass is 16.5. The van der Waals surface area contributed by atoms with Crippen molar-refractivity contribution in [3.8, 4) is 23.0 Å². The molecule has 0 N–H and O–H groups in total. The normalized spacial score (nSPS) is 10.4. The average molecular weight is 381 g/mol. The molecular weight excluding hydrogens is 358 g/mol. The van der Waals surface area contributed by atoms with Crippen LogP contribution in [0.4, 0.5) is 11.4 Å². The first-order chi connectivity index (χ1) is 14.2. The van der Waals surface area contributed by atoms with Crippen LogP contribution in [-0.4, -0.2) is 7.05 Å². The molecule has 0 fully saturated rings. The van der Waals surface area contributed by atoms with E-state index < -0.39 is 0 Å². The second-order valence-electron chi connectivity index (χ2n) is 6.88. The van der Waals surface area contributed by atoms with Crippen molar-refractivity contribution in [2.75, 3.05) is 11.9 Å². The Balaban J connectivity index is 1.45. The highest BCUT2D eigenvalue weighted by molar-refractivity contribution is 5.63. The highest BCUT2D eigenvalue weighted by Gasteiger charge is 2.06. The molecule has 0 aliphatic heterocycles. The van der Waals surface area contributed by atoms with Gasteiger partial charge in [0, 0.05) is 24.5 Å². The standard InChI is InChI=1S/C26H23NO2/c1-20-8-6-12-25(18-20)28-23-14-16-24(17-15-23)29-26-13-7-11-22(19-26)27(2)21-9-4-3-5-10-21/h3-19H,1-2H3. The number of hydrogen-bond donors (Lipinski definition) is 0. The lowest BCUT2D eigenvalue weighted by molar-refractivity contribution is 0.469. The minimum absolute atomic E-state index is 0.765. The molecule has 4 rings (SSSR count). The first-order valence-corrected chi connectivity index (χ1v) is 9.59. The summed E-state index contributed by atoms with van der Waals surface area (Å²) in [5, 5.41) is 0. The number of benzene rings is 4. The Bertz CT molecular complexity index is 1080. The Kier molecular flexibility index (Phi) is 5.48. The van der Waals surface area contributed by atoms with Crippen LogP contribution in [0.15, 0.2) is 103 Å². The Morgan fingerprint density at radius 2 is 1.07 bits per heavy atom. The summed E-state index contributed by atoms with van der Waals surface area (Å²) in [5.41, 5.74) is 3.36. The molecule has 0 aliphatic carbocycles. The molecule has 0 saturated carbocycles. The van der Waals surface area contributed by atoms with Gasteiger partial charge in [-0.15, -0.1) is 0 Å². The van der Waals surface area contributed by atoms with Crippen LogP contribution in [-0.2, 0) is 0 Å². The lowest BCUT2D eigenvalue weighted by Crippen LogP contribution is -2.08. The summed E-state index contributed by atoms with van der Waals surface area (Å²) < 4.78 is 11.9.